The minimum Gasteiger partial charge on any atom is -0.497 e. The van der Waals surface area contributed by atoms with E-state index in [1.54, 1.807) is 30.3 Å². The molecule has 1 aromatic heterocycles. The summed E-state index contributed by atoms with van der Waals surface area (Å²) in [6, 6.07) is 12.4. The predicted molar refractivity (Wildman–Crippen MR) is 132 cm³/mol. The average Bonchev–Trinajstić information content (AvgIpc) is 3.32. The highest BCUT2D eigenvalue weighted by molar-refractivity contribution is 8.01. The van der Waals surface area contributed by atoms with Gasteiger partial charge in [0.2, 0.25) is 11.0 Å². The van der Waals surface area contributed by atoms with Crippen molar-refractivity contribution in [3.05, 3.63) is 48.5 Å². The van der Waals surface area contributed by atoms with Crippen LogP contribution in [0, 0.1) is 0 Å². The van der Waals surface area contributed by atoms with Gasteiger partial charge in [-0.25, -0.2) is 8.42 Å². The van der Waals surface area contributed by atoms with Crippen LogP contribution in [0.5, 0.6) is 11.5 Å². The van der Waals surface area contributed by atoms with Crippen LogP contribution in [-0.2, 0) is 24.3 Å². The monoisotopic (exact) mass is 538 g/mol. The van der Waals surface area contributed by atoms with Crippen molar-refractivity contribution in [1.82, 2.24) is 10.2 Å². The molecule has 0 saturated heterocycles. The molecule has 0 saturated carbocycles. The Morgan fingerprint density at radius 1 is 1.06 bits per heavy atom. The van der Waals surface area contributed by atoms with Crippen molar-refractivity contribution in [3.8, 4) is 11.5 Å². The summed E-state index contributed by atoms with van der Waals surface area (Å²) in [6.45, 7) is -0.578. The SMILES string of the molecule is COC(=O)CSc1nnc(NC(=O)CN(c2cc(OC)ccc2OC)S(=O)(=O)c2ccccc2)s1. The second kappa shape index (κ2) is 11.9. The van der Waals surface area contributed by atoms with Gasteiger partial charge < -0.3 is 14.2 Å². The normalized spacial score (nSPS) is 10.9. The molecule has 3 rings (SSSR count). The Morgan fingerprint density at radius 2 is 1.80 bits per heavy atom. The molecule has 0 aliphatic heterocycles. The summed E-state index contributed by atoms with van der Waals surface area (Å²) in [7, 11) is -0.0468. The Bertz CT molecular complexity index is 1280. The van der Waals surface area contributed by atoms with Crippen LogP contribution in [0.2, 0.25) is 0 Å². The number of ether oxygens (including phenoxy) is 3. The Balaban J connectivity index is 1.89. The van der Waals surface area contributed by atoms with Gasteiger partial charge in [-0.2, -0.15) is 0 Å². The quantitative estimate of drug-likeness (QED) is 0.220. The zero-order chi connectivity index (χ0) is 25.4. The van der Waals surface area contributed by atoms with E-state index < -0.39 is 28.4 Å². The lowest BCUT2D eigenvalue weighted by molar-refractivity contribution is -0.137. The number of aromatic nitrogens is 2. The number of hydrogen-bond donors (Lipinski definition) is 1. The molecule has 2 aromatic carbocycles. The van der Waals surface area contributed by atoms with E-state index in [2.05, 4.69) is 20.3 Å². The number of benzene rings is 2. The van der Waals surface area contributed by atoms with Crippen molar-refractivity contribution in [2.75, 3.05) is 43.2 Å². The summed E-state index contributed by atoms with van der Waals surface area (Å²) in [5, 5.41) is 10.5. The molecule has 0 atom stereocenters. The molecule has 0 bridgehead atoms. The molecule has 1 amide bonds. The second-order valence-corrected chi connectivity index (χ2v) is 10.7. The van der Waals surface area contributed by atoms with Crippen LogP contribution < -0.4 is 19.1 Å². The van der Waals surface area contributed by atoms with Gasteiger partial charge in [0.15, 0.2) is 4.34 Å². The zero-order valence-corrected chi connectivity index (χ0v) is 21.4. The van der Waals surface area contributed by atoms with Gasteiger partial charge in [0.1, 0.15) is 18.0 Å². The van der Waals surface area contributed by atoms with E-state index in [-0.39, 0.29) is 27.2 Å². The lowest BCUT2D eigenvalue weighted by Crippen LogP contribution is -2.38. The number of anilines is 2. The van der Waals surface area contributed by atoms with Crippen LogP contribution in [0.15, 0.2) is 57.8 Å². The summed E-state index contributed by atoms with van der Waals surface area (Å²) >= 11 is 2.15. The molecule has 0 fully saturated rings. The molecular formula is C21H22N4O7S3. The average molecular weight is 539 g/mol. The molecule has 0 radical (unpaired) electrons. The van der Waals surface area contributed by atoms with Crippen LogP contribution in [0.4, 0.5) is 10.8 Å². The van der Waals surface area contributed by atoms with Gasteiger partial charge in [-0.15, -0.1) is 10.2 Å². The molecule has 0 aliphatic rings. The first-order valence-electron chi connectivity index (χ1n) is 9.91. The van der Waals surface area contributed by atoms with E-state index >= 15 is 0 Å². The van der Waals surface area contributed by atoms with E-state index in [1.165, 1.54) is 39.5 Å². The maximum Gasteiger partial charge on any atom is 0.316 e. The minimum absolute atomic E-state index is 0.00455. The second-order valence-electron chi connectivity index (χ2n) is 6.65. The lowest BCUT2D eigenvalue weighted by atomic mass is 10.2. The minimum atomic E-state index is -4.17. The van der Waals surface area contributed by atoms with Gasteiger partial charge in [0.05, 0.1) is 37.7 Å². The van der Waals surface area contributed by atoms with E-state index in [4.69, 9.17) is 9.47 Å². The Morgan fingerprint density at radius 3 is 2.46 bits per heavy atom. The first kappa shape index (κ1) is 26.2. The molecular weight excluding hydrogens is 516 g/mol. The molecule has 35 heavy (non-hydrogen) atoms. The van der Waals surface area contributed by atoms with E-state index in [0.29, 0.717) is 10.1 Å². The summed E-state index contributed by atoms with van der Waals surface area (Å²) in [5.74, 6) is -0.432. The maximum absolute atomic E-state index is 13.5. The summed E-state index contributed by atoms with van der Waals surface area (Å²) < 4.78 is 43.7. The van der Waals surface area contributed by atoms with Gasteiger partial charge in [-0.05, 0) is 24.3 Å². The van der Waals surface area contributed by atoms with Crippen LogP contribution in [0.1, 0.15) is 0 Å². The first-order chi connectivity index (χ1) is 16.8. The van der Waals surface area contributed by atoms with Gasteiger partial charge in [0.25, 0.3) is 10.0 Å². The van der Waals surface area contributed by atoms with E-state index in [1.807, 2.05) is 0 Å². The molecule has 1 heterocycles. The van der Waals surface area contributed by atoms with Crippen molar-refractivity contribution >= 4 is 55.8 Å². The number of hydrogen-bond acceptors (Lipinski definition) is 11. The lowest BCUT2D eigenvalue weighted by Gasteiger charge is -2.25. The van der Waals surface area contributed by atoms with Crippen molar-refractivity contribution in [1.29, 1.82) is 0 Å². The van der Waals surface area contributed by atoms with E-state index in [0.717, 1.165) is 27.4 Å². The fourth-order valence-electron chi connectivity index (χ4n) is 2.80. The number of carbonyl (C=O) groups excluding carboxylic acids is 2. The van der Waals surface area contributed by atoms with Gasteiger partial charge >= 0.3 is 5.97 Å². The van der Waals surface area contributed by atoms with Crippen molar-refractivity contribution in [2.45, 2.75) is 9.24 Å². The number of nitrogens with zero attached hydrogens (tertiary/aromatic N) is 3. The predicted octanol–water partition coefficient (Wildman–Crippen LogP) is 2.65. The largest absolute Gasteiger partial charge is 0.497 e. The fraction of sp³-hybridized carbons (Fsp3) is 0.238. The summed E-state index contributed by atoms with van der Waals surface area (Å²) in [5.41, 5.74) is 0.123. The smallest absolute Gasteiger partial charge is 0.316 e. The zero-order valence-electron chi connectivity index (χ0n) is 19.0. The third-order valence-corrected chi connectivity index (χ3v) is 8.19. The molecule has 3 aromatic rings. The topological polar surface area (TPSA) is 137 Å². The number of methoxy groups -OCH3 is 3. The summed E-state index contributed by atoms with van der Waals surface area (Å²) in [6.07, 6.45) is 0. The Labute approximate surface area is 210 Å². The molecule has 1 N–H and O–H groups in total. The van der Waals surface area contributed by atoms with Crippen LogP contribution in [0.3, 0.4) is 0 Å². The third kappa shape index (κ3) is 6.61. The van der Waals surface area contributed by atoms with Gasteiger partial charge in [-0.3, -0.25) is 19.2 Å². The van der Waals surface area contributed by atoms with Crippen LogP contribution >= 0.6 is 23.1 Å². The Hall–Kier alpha value is -3.36. The number of carbonyl (C=O) groups is 2. The molecule has 0 spiro atoms. The van der Waals surface area contributed by atoms with E-state index in [9.17, 15) is 18.0 Å². The van der Waals surface area contributed by atoms with Crippen LogP contribution in [0.25, 0.3) is 0 Å². The van der Waals surface area contributed by atoms with Crippen molar-refractivity contribution < 1.29 is 32.2 Å². The number of rotatable bonds is 11. The highest BCUT2D eigenvalue weighted by Gasteiger charge is 2.30. The molecule has 0 aliphatic carbocycles. The maximum atomic E-state index is 13.5. The molecule has 14 heteroatoms. The highest BCUT2D eigenvalue weighted by atomic mass is 32.2. The first-order valence-corrected chi connectivity index (χ1v) is 13.2. The molecule has 186 valence electrons. The van der Waals surface area contributed by atoms with Gasteiger partial charge in [0, 0.05) is 6.07 Å². The highest BCUT2D eigenvalue weighted by Crippen LogP contribution is 2.35. The number of sulfonamides is 1. The number of thioether (sulfide) groups is 1. The molecule has 11 nitrogen and oxygen atoms in total. The number of amides is 1. The van der Waals surface area contributed by atoms with Crippen molar-refractivity contribution in [2.24, 2.45) is 0 Å². The number of nitrogens with one attached hydrogen (secondary N) is 1. The van der Waals surface area contributed by atoms with Crippen molar-refractivity contribution in [3.63, 3.8) is 0 Å². The number of esters is 1. The van der Waals surface area contributed by atoms with Crippen LogP contribution in [-0.4, -0.2) is 64.1 Å². The summed E-state index contributed by atoms with van der Waals surface area (Å²) in [4.78, 5) is 24.2. The standard InChI is InChI=1S/C21H22N4O7S3/c1-30-14-9-10-17(31-2)16(11-14)25(35(28,29)15-7-5-4-6-8-15)12-18(26)22-20-23-24-21(34-20)33-13-19(27)32-3/h4-11H,12-13H2,1-3H3,(H,22,23,26). The third-order valence-electron chi connectivity index (χ3n) is 4.47. The molecule has 0 unspecified atom stereocenters. The fourth-order valence-corrected chi connectivity index (χ4v) is 5.84. The Kier molecular flexibility index (Phi) is 8.89. The van der Waals surface area contributed by atoms with Gasteiger partial charge in [-0.1, -0.05) is 41.3 Å².